The molecule has 0 saturated carbocycles. The van der Waals surface area contributed by atoms with Gasteiger partial charge in [-0.1, -0.05) is 17.2 Å². The summed E-state index contributed by atoms with van der Waals surface area (Å²) in [7, 11) is 1.48. The van der Waals surface area contributed by atoms with Crippen molar-refractivity contribution in [3.63, 3.8) is 0 Å². The minimum atomic E-state index is -0.855. The van der Waals surface area contributed by atoms with Crippen LogP contribution in [0, 0.1) is 0 Å². The van der Waals surface area contributed by atoms with Crippen molar-refractivity contribution in [2.24, 2.45) is 0 Å². The van der Waals surface area contributed by atoms with Gasteiger partial charge in [-0.15, -0.1) is 0 Å². The van der Waals surface area contributed by atoms with Crippen molar-refractivity contribution < 1.29 is 28.7 Å². The van der Waals surface area contributed by atoms with Crippen LogP contribution in [0.5, 0.6) is 11.5 Å². The highest BCUT2D eigenvalue weighted by Gasteiger charge is 2.39. The van der Waals surface area contributed by atoms with Gasteiger partial charge in [-0.2, -0.15) is 0 Å². The van der Waals surface area contributed by atoms with Gasteiger partial charge < -0.3 is 14.3 Å². The van der Waals surface area contributed by atoms with Crippen molar-refractivity contribution in [1.82, 2.24) is 5.06 Å². The highest BCUT2D eigenvalue weighted by molar-refractivity contribution is 6.21. The normalized spacial score (nSPS) is 14.8. The maximum atomic E-state index is 12.6. The van der Waals surface area contributed by atoms with Crippen LogP contribution in [0.15, 0.2) is 36.4 Å². The van der Waals surface area contributed by atoms with E-state index >= 15 is 0 Å². The lowest BCUT2D eigenvalue weighted by Crippen LogP contribution is -2.32. The van der Waals surface area contributed by atoms with Crippen LogP contribution in [0.3, 0.4) is 0 Å². The second-order valence-electron chi connectivity index (χ2n) is 5.59. The third-order valence-corrected chi connectivity index (χ3v) is 4.14. The Bertz CT molecular complexity index is 885. The summed E-state index contributed by atoms with van der Waals surface area (Å²) in [5, 5.41) is 0.480. The fraction of sp³-hybridized carbons (Fsp3) is 0.167. The first-order valence-electron chi connectivity index (χ1n) is 7.64. The number of methoxy groups -OCH3 is 1. The maximum Gasteiger partial charge on any atom is 0.367 e. The Kier molecular flexibility index (Phi) is 3.42. The van der Waals surface area contributed by atoms with Gasteiger partial charge in [-0.25, -0.2) is 4.79 Å². The molecule has 0 spiro atoms. The molecule has 2 heterocycles. The van der Waals surface area contributed by atoms with E-state index in [2.05, 4.69) is 0 Å². The number of nitrogens with zero attached hydrogens (tertiary/aromatic N) is 1. The standard InChI is InChI=1S/C18H13NO6/c1-23-11-8-10-6-7-24-15(10)14(9-11)18(22)25-19-16(20)12-4-2-3-5-13(12)17(19)21/h2-5,8-9H,6-7H2,1H3. The predicted octanol–water partition coefficient (Wildman–Crippen LogP) is 2.00. The molecule has 0 unspecified atom stereocenters. The molecular formula is C18H13NO6. The molecule has 2 aromatic rings. The fourth-order valence-electron chi connectivity index (χ4n) is 2.93. The lowest BCUT2D eigenvalue weighted by atomic mass is 10.1. The smallest absolute Gasteiger partial charge is 0.367 e. The van der Waals surface area contributed by atoms with Crippen LogP contribution >= 0.6 is 0 Å². The molecule has 4 rings (SSSR count). The third kappa shape index (κ3) is 2.32. The van der Waals surface area contributed by atoms with E-state index in [1.165, 1.54) is 25.3 Å². The number of hydrogen-bond acceptors (Lipinski definition) is 6. The second-order valence-corrected chi connectivity index (χ2v) is 5.59. The Morgan fingerprint density at radius 3 is 2.44 bits per heavy atom. The number of carbonyl (C=O) groups is 3. The number of hydroxylamine groups is 2. The van der Waals surface area contributed by atoms with Gasteiger partial charge in [0.1, 0.15) is 17.1 Å². The maximum absolute atomic E-state index is 12.6. The summed E-state index contributed by atoms with van der Waals surface area (Å²) in [6, 6.07) is 9.54. The predicted molar refractivity (Wildman–Crippen MR) is 84.6 cm³/mol. The summed E-state index contributed by atoms with van der Waals surface area (Å²) >= 11 is 0. The topological polar surface area (TPSA) is 82.1 Å². The van der Waals surface area contributed by atoms with Gasteiger partial charge in [-0.05, 0) is 24.3 Å². The number of benzene rings is 2. The first kappa shape index (κ1) is 15.2. The lowest BCUT2D eigenvalue weighted by Gasteiger charge is -2.14. The zero-order chi connectivity index (χ0) is 17.6. The van der Waals surface area contributed by atoms with Gasteiger partial charge >= 0.3 is 5.97 Å². The van der Waals surface area contributed by atoms with Crippen LogP contribution in [0.25, 0.3) is 0 Å². The van der Waals surface area contributed by atoms with E-state index in [9.17, 15) is 14.4 Å². The van der Waals surface area contributed by atoms with Crippen LogP contribution in [0.4, 0.5) is 0 Å². The van der Waals surface area contributed by atoms with E-state index in [4.69, 9.17) is 14.3 Å². The molecule has 0 aromatic heterocycles. The molecule has 0 saturated heterocycles. The first-order chi connectivity index (χ1) is 12.1. The molecule has 2 amide bonds. The number of ether oxygens (including phenoxy) is 2. The van der Waals surface area contributed by atoms with Crippen molar-refractivity contribution in [2.45, 2.75) is 6.42 Å². The molecule has 2 aromatic carbocycles. The molecule has 2 aliphatic rings. The SMILES string of the molecule is COc1cc2c(c(C(=O)ON3C(=O)c4ccccc4C3=O)c1)OCC2. The van der Waals surface area contributed by atoms with Gasteiger partial charge in [0, 0.05) is 12.0 Å². The van der Waals surface area contributed by atoms with Gasteiger partial charge in [0.15, 0.2) is 0 Å². The minimum absolute atomic E-state index is 0.114. The zero-order valence-corrected chi connectivity index (χ0v) is 13.3. The molecule has 0 bridgehead atoms. The number of carbonyl (C=O) groups excluding carboxylic acids is 3. The molecule has 7 nitrogen and oxygen atoms in total. The largest absolute Gasteiger partial charge is 0.497 e. The van der Waals surface area contributed by atoms with Crippen LogP contribution in [-0.4, -0.2) is 36.6 Å². The van der Waals surface area contributed by atoms with Crippen molar-refractivity contribution in [1.29, 1.82) is 0 Å². The molecule has 0 fully saturated rings. The number of rotatable bonds is 3. The molecule has 0 aliphatic carbocycles. The minimum Gasteiger partial charge on any atom is -0.497 e. The molecule has 2 aliphatic heterocycles. The van der Waals surface area contributed by atoms with E-state index in [1.807, 2.05) is 0 Å². The van der Waals surface area contributed by atoms with Gasteiger partial charge in [0.05, 0.1) is 24.8 Å². The van der Waals surface area contributed by atoms with Crippen molar-refractivity contribution in [3.05, 3.63) is 58.7 Å². The third-order valence-electron chi connectivity index (χ3n) is 4.14. The Hall–Kier alpha value is -3.35. The highest BCUT2D eigenvalue weighted by atomic mass is 16.7. The van der Waals surface area contributed by atoms with E-state index in [-0.39, 0.29) is 16.7 Å². The number of amides is 2. The van der Waals surface area contributed by atoms with E-state index in [1.54, 1.807) is 18.2 Å². The second kappa shape index (κ2) is 5.62. The van der Waals surface area contributed by atoms with Crippen LogP contribution < -0.4 is 9.47 Å². The van der Waals surface area contributed by atoms with E-state index < -0.39 is 17.8 Å². The summed E-state index contributed by atoms with van der Waals surface area (Å²) in [4.78, 5) is 42.3. The Morgan fingerprint density at radius 2 is 1.80 bits per heavy atom. The molecule has 126 valence electrons. The van der Waals surface area contributed by atoms with Crippen molar-refractivity contribution in [2.75, 3.05) is 13.7 Å². The summed E-state index contributed by atoms with van der Waals surface area (Å²) < 4.78 is 10.7. The van der Waals surface area contributed by atoms with Gasteiger partial charge in [-0.3, -0.25) is 9.59 Å². The first-order valence-corrected chi connectivity index (χ1v) is 7.64. The average molecular weight is 339 g/mol. The summed E-state index contributed by atoms with van der Waals surface area (Å²) in [6.45, 7) is 0.440. The zero-order valence-electron chi connectivity index (χ0n) is 13.3. The monoisotopic (exact) mass is 339 g/mol. The summed E-state index contributed by atoms with van der Waals surface area (Å²) in [5.74, 6) is -1.34. The highest BCUT2D eigenvalue weighted by Crippen LogP contribution is 2.35. The lowest BCUT2D eigenvalue weighted by molar-refractivity contribution is -0.0586. The Labute approximate surface area is 142 Å². The molecular weight excluding hydrogens is 326 g/mol. The van der Waals surface area contributed by atoms with Crippen LogP contribution in [0.2, 0.25) is 0 Å². The fourth-order valence-corrected chi connectivity index (χ4v) is 2.93. The Morgan fingerprint density at radius 1 is 1.12 bits per heavy atom. The van der Waals surface area contributed by atoms with Crippen LogP contribution in [0.1, 0.15) is 36.6 Å². The summed E-state index contributed by atoms with van der Waals surface area (Å²) in [6.07, 6.45) is 0.639. The quantitative estimate of drug-likeness (QED) is 0.796. The van der Waals surface area contributed by atoms with Gasteiger partial charge in [0.25, 0.3) is 11.8 Å². The van der Waals surface area contributed by atoms with Gasteiger partial charge in [0.2, 0.25) is 0 Å². The average Bonchev–Trinajstić information content (AvgIpc) is 3.20. The van der Waals surface area contributed by atoms with Crippen molar-refractivity contribution >= 4 is 17.8 Å². The molecule has 0 radical (unpaired) electrons. The number of imide groups is 1. The van der Waals surface area contributed by atoms with Crippen LogP contribution in [-0.2, 0) is 11.3 Å². The van der Waals surface area contributed by atoms with Crippen molar-refractivity contribution in [3.8, 4) is 11.5 Å². The molecule has 7 heteroatoms. The number of fused-ring (bicyclic) bond motifs is 2. The number of hydrogen-bond donors (Lipinski definition) is 0. The van der Waals surface area contributed by atoms with E-state index in [0.29, 0.717) is 29.6 Å². The molecule has 0 N–H and O–H groups in total. The summed E-state index contributed by atoms with van der Waals surface area (Å²) in [5.41, 5.74) is 1.33. The molecule has 0 atom stereocenters. The molecule has 25 heavy (non-hydrogen) atoms. The Balaban J connectivity index is 1.65. The van der Waals surface area contributed by atoms with E-state index in [0.717, 1.165) is 5.56 Å².